The predicted molar refractivity (Wildman–Crippen MR) is 114 cm³/mol. The molecule has 0 fully saturated rings. The van der Waals surface area contributed by atoms with E-state index in [2.05, 4.69) is 45.8 Å². The Balaban J connectivity index is 1.97. The van der Waals surface area contributed by atoms with Gasteiger partial charge in [0.25, 0.3) is 0 Å². The quantitative estimate of drug-likeness (QED) is 0.628. The van der Waals surface area contributed by atoms with Crippen molar-refractivity contribution in [1.29, 1.82) is 0 Å². The smallest absolute Gasteiger partial charge is 0.193 e. The van der Waals surface area contributed by atoms with Gasteiger partial charge in [0.05, 0.1) is 24.7 Å². The summed E-state index contributed by atoms with van der Waals surface area (Å²) < 4.78 is 0. The number of aliphatic imine (C=N–C) groups is 2. The molecule has 2 aliphatic heterocycles. The molecule has 0 aromatic heterocycles. The Bertz CT molecular complexity index is 719. The molecule has 7 nitrogen and oxygen atoms in total. The molecule has 0 spiro atoms. The van der Waals surface area contributed by atoms with Crippen molar-refractivity contribution < 1.29 is 5.11 Å². The van der Waals surface area contributed by atoms with Crippen LogP contribution in [0.2, 0.25) is 0 Å². The van der Waals surface area contributed by atoms with Gasteiger partial charge in [-0.2, -0.15) is 0 Å². The van der Waals surface area contributed by atoms with Crippen molar-refractivity contribution in [2.45, 2.75) is 70.3 Å². The monoisotopic (exact) mass is 386 g/mol. The van der Waals surface area contributed by atoms with E-state index in [1.54, 1.807) is 6.92 Å². The van der Waals surface area contributed by atoms with E-state index in [1.165, 1.54) is 5.56 Å². The molecule has 28 heavy (non-hydrogen) atoms. The van der Waals surface area contributed by atoms with Crippen LogP contribution in [0.1, 0.15) is 45.6 Å². The van der Waals surface area contributed by atoms with Gasteiger partial charge < -0.3 is 26.4 Å². The Morgan fingerprint density at radius 2 is 1.96 bits per heavy atom. The standard InChI is InChI=1S/C21H34N6O/c1-4-5-11-17-13-24-19(22)27(17)21(3,12-16-9-7-6-8-10-16)26-14-18(15(2)28)25-20(26)23/h6-10,15,17-18,28H,4-5,11-14H2,1-3H3,(H2,22,24)(H2,23,25). The third kappa shape index (κ3) is 3.94. The van der Waals surface area contributed by atoms with Gasteiger partial charge in [-0.05, 0) is 25.8 Å². The number of nitrogens with zero attached hydrogens (tertiary/aromatic N) is 4. The molecule has 0 saturated heterocycles. The minimum atomic E-state index is -0.551. The van der Waals surface area contributed by atoms with Crippen molar-refractivity contribution >= 4 is 11.9 Å². The zero-order valence-electron chi connectivity index (χ0n) is 17.3. The number of hydrogen-bond acceptors (Lipinski definition) is 7. The molecule has 3 rings (SSSR count). The van der Waals surface area contributed by atoms with Gasteiger partial charge in [-0.3, -0.25) is 4.99 Å². The maximum atomic E-state index is 10.1. The highest BCUT2D eigenvalue weighted by atomic mass is 16.3. The zero-order valence-corrected chi connectivity index (χ0v) is 17.3. The summed E-state index contributed by atoms with van der Waals surface area (Å²) in [5.74, 6) is 1.02. The van der Waals surface area contributed by atoms with Crippen LogP contribution in [-0.4, -0.2) is 63.8 Å². The summed E-state index contributed by atoms with van der Waals surface area (Å²) in [4.78, 5) is 13.4. The number of aliphatic hydroxyl groups excluding tert-OH is 1. The Morgan fingerprint density at radius 1 is 1.25 bits per heavy atom. The first-order valence-corrected chi connectivity index (χ1v) is 10.3. The molecule has 4 atom stereocenters. The summed E-state index contributed by atoms with van der Waals surface area (Å²) >= 11 is 0. The fourth-order valence-corrected chi connectivity index (χ4v) is 4.40. The van der Waals surface area contributed by atoms with E-state index >= 15 is 0 Å². The van der Waals surface area contributed by atoms with Crippen LogP contribution in [0.15, 0.2) is 40.3 Å². The van der Waals surface area contributed by atoms with E-state index in [0.717, 1.165) is 25.7 Å². The first kappa shape index (κ1) is 20.5. The molecule has 154 valence electrons. The number of guanidine groups is 2. The lowest BCUT2D eigenvalue weighted by atomic mass is 9.94. The number of hydrogen-bond donors (Lipinski definition) is 3. The zero-order chi connectivity index (χ0) is 20.3. The molecular weight excluding hydrogens is 352 g/mol. The Kier molecular flexibility index (Phi) is 6.13. The van der Waals surface area contributed by atoms with Crippen LogP contribution in [-0.2, 0) is 6.42 Å². The van der Waals surface area contributed by atoms with Crippen LogP contribution in [0, 0.1) is 0 Å². The average Bonchev–Trinajstić information content (AvgIpc) is 3.24. The number of aliphatic hydroxyl groups is 1. The molecule has 2 aliphatic rings. The van der Waals surface area contributed by atoms with Gasteiger partial charge in [0.1, 0.15) is 5.66 Å². The van der Waals surface area contributed by atoms with E-state index in [9.17, 15) is 5.11 Å². The van der Waals surface area contributed by atoms with Crippen molar-refractivity contribution in [3.8, 4) is 0 Å². The molecule has 0 aliphatic carbocycles. The molecule has 2 heterocycles. The number of rotatable bonds is 8. The van der Waals surface area contributed by atoms with E-state index in [1.807, 2.05) is 18.2 Å². The second-order valence-electron chi connectivity index (χ2n) is 8.15. The fourth-order valence-electron chi connectivity index (χ4n) is 4.40. The summed E-state index contributed by atoms with van der Waals surface area (Å²) in [7, 11) is 0. The first-order valence-electron chi connectivity index (χ1n) is 10.3. The number of nitrogens with two attached hydrogens (primary N) is 2. The molecule has 0 radical (unpaired) electrons. The van der Waals surface area contributed by atoms with Crippen molar-refractivity contribution in [2.75, 3.05) is 13.1 Å². The lowest BCUT2D eigenvalue weighted by Crippen LogP contribution is -2.67. The largest absolute Gasteiger partial charge is 0.391 e. The highest BCUT2D eigenvalue weighted by Gasteiger charge is 2.48. The fraction of sp³-hybridized carbons (Fsp3) is 0.619. The third-order valence-electron chi connectivity index (χ3n) is 5.95. The minimum absolute atomic E-state index is 0.232. The van der Waals surface area contributed by atoms with Gasteiger partial charge in [-0.25, -0.2) is 4.99 Å². The molecule has 4 unspecified atom stereocenters. The van der Waals surface area contributed by atoms with Gasteiger partial charge in [-0.1, -0.05) is 50.1 Å². The Labute approximate surface area is 168 Å². The summed E-state index contributed by atoms with van der Waals surface area (Å²) in [5, 5.41) is 10.1. The van der Waals surface area contributed by atoms with Crippen molar-refractivity contribution in [1.82, 2.24) is 9.80 Å². The molecule has 5 N–H and O–H groups in total. The van der Waals surface area contributed by atoms with Crippen LogP contribution in [0.3, 0.4) is 0 Å². The van der Waals surface area contributed by atoms with Crippen LogP contribution < -0.4 is 11.5 Å². The molecule has 7 heteroatoms. The van der Waals surface area contributed by atoms with Gasteiger partial charge in [-0.15, -0.1) is 0 Å². The molecule has 0 saturated carbocycles. The first-order chi connectivity index (χ1) is 13.4. The van der Waals surface area contributed by atoms with E-state index < -0.39 is 11.8 Å². The molecular formula is C21H34N6O. The highest BCUT2D eigenvalue weighted by Crippen LogP contribution is 2.33. The predicted octanol–water partition coefficient (Wildman–Crippen LogP) is 1.51. The lowest BCUT2D eigenvalue weighted by molar-refractivity contribution is 0.0238. The van der Waals surface area contributed by atoms with Crippen LogP contribution in [0.4, 0.5) is 0 Å². The minimum Gasteiger partial charge on any atom is -0.391 e. The number of unbranched alkanes of at least 4 members (excludes halogenated alkanes) is 1. The topological polar surface area (TPSA) is 103 Å². The van der Waals surface area contributed by atoms with E-state index in [-0.39, 0.29) is 12.1 Å². The van der Waals surface area contributed by atoms with Gasteiger partial charge in [0, 0.05) is 13.0 Å². The summed E-state index contributed by atoms with van der Waals surface area (Å²) in [6.45, 7) is 7.40. The van der Waals surface area contributed by atoms with Crippen LogP contribution in [0.25, 0.3) is 0 Å². The van der Waals surface area contributed by atoms with Gasteiger partial charge in [0.15, 0.2) is 11.9 Å². The van der Waals surface area contributed by atoms with Crippen molar-refractivity contribution in [2.24, 2.45) is 21.5 Å². The molecule has 1 aromatic rings. The summed E-state index contributed by atoms with van der Waals surface area (Å²) in [6.07, 6.45) is 3.48. The second-order valence-corrected chi connectivity index (χ2v) is 8.15. The molecule has 0 bridgehead atoms. The van der Waals surface area contributed by atoms with Gasteiger partial charge >= 0.3 is 0 Å². The second kappa shape index (κ2) is 8.39. The molecule has 0 amide bonds. The molecule has 1 aromatic carbocycles. The van der Waals surface area contributed by atoms with E-state index in [4.69, 9.17) is 11.5 Å². The van der Waals surface area contributed by atoms with Crippen molar-refractivity contribution in [3.63, 3.8) is 0 Å². The van der Waals surface area contributed by atoms with E-state index in [0.29, 0.717) is 25.0 Å². The van der Waals surface area contributed by atoms with Crippen LogP contribution in [0.5, 0.6) is 0 Å². The normalized spacial score (nSPS) is 25.4. The SMILES string of the molecule is CCCCC1CN=C(N)N1C(C)(Cc1ccccc1)N1CC(C(C)O)N=C1N. The summed E-state index contributed by atoms with van der Waals surface area (Å²) in [6, 6.07) is 10.4. The van der Waals surface area contributed by atoms with Crippen molar-refractivity contribution in [3.05, 3.63) is 35.9 Å². The summed E-state index contributed by atoms with van der Waals surface area (Å²) in [5.41, 5.74) is 13.5. The van der Waals surface area contributed by atoms with Gasteiger partial charge in [0.2, 0.25) is 0 Å². The number of benzene rings is 1. The lowest BCUT2D eigenvalue weighted by Gasteiger charge is -2.50. The maximum absolute atomic E-state index is 10.1. The third-order valence-corrected chi connectivity index (χ3v) is 5.95. The Morgan fingerprint density at radius 3 is 2.57 bits per heavy atom. The Hall–Kier alpha value is -2.28. The average molecular weight is 387 g/mol. The van der Waals surface area contributed by atoms with Crippen LogP contribution >= 0.6 is 0 Å². The highest BCUT2D eigenvalue weighted by molar-refractivity contribution is 5.84. The maximum Gasteiger partial charge on any atom is 0.193 e.